The molecule has 0 bridgehead atoms. The van der Waals surface area contributed by atoms with Gasteiger partial charge in [0.15, 0.2) is 0 Å². The number of ether oxygens (including phenoxy) is 1. The number of methoxy groups -OCH3 is 1. The van der Waals surface area contributed by atoms with Gasteiger partial charge in [-0.15, -0.1) is 11.8 Å². The van der Waals surface area contributed by atoms with Crippen LogP contribution < -0.4 is 10.3 Å². The summed E-state index contributed by atoms with van der Waals surface area (Å²) in [5.41, 5.74) is 3.22. The van der Waals surface area contributed by atoms with Crippen LogP contribution in [0.3, 0.4) is 0 Å². The lowest BCUT2D eigenvalue weighted by molar-refractivity contribution is 0.414. The van der Waals surface area contributed by atoms with Crippen molar-refractivity contribution in [3.8, 4) is 5.75 Å². The SMILES string of the molecule is COc1ccc(CSc2cn(C)c(=O)c(C)c2C)cc1. The van der Waals surface area contributed by atoms with Crippen molar-refractivity contribution in [2.24, 2.45) is 7.05 Å². The smallest absolute Gasteiger partial charge is 0.253 e. The summed E-state index contributed by atoms with van der Waals surface area (Å²) in [5.74, 6) is 1.75. The first-order valence-electron chi connectivity index (χ1n) is 6.45. The fourth-order valence-electron chi connectivity index (χ4n) is 1.97. The molecule has 3 nitrogen and oxygen atoms in total. The molecule has 0 atom stereocenters. The van der Waals surface area contributed by atoms with Gasteiger partial charge in [0.25, 0.3) is 5.56 Å². The largest absolute Gasteiger partial charge is 0.497 e. The molecule has 0 amide bonds. The fourth-order valence-corrected chi connectivity index (χ4v) is 3.09. The van der Waals surface area contributed by atoms with E-state index in [2.05, 4.69) is 12.1 Å². The third-order valence-corrected chi connectivity index (χ3v) is 4.64. The standard InChI is InChI=1S/C16H19NO2S/c1-11-12(2)16(18)17(3)9-15(11)20-10-13-5-7-14(19-4)8-6-13/h5-9H,10H2,1-4H3. The Morgan fingerprint density at radius 2 is 1.80 bits per heavy atom. The van der Waals surface area contributed by atoms with Crippen LogP contribution in [0.15, 0.2) is 40.2 Å². The van der Waals surface area contributed by atoms with Crippen molar-refractivity contribution in [2.75, 3.05) is 7.11 Å². The van der Waals surface area contributed by atoms with Crippen LogP contribution in [0.4, 0.5) is 0 Å². The highest BCUT2D eigenvalue weighted by atomic mass is 32.2. The lowest BCUT2D eigenvalue weighted by atomic mass is 10.2. The molecule has 106 valence electrons. The maximum Gasteiger partial charge on any atom is 0.253 e. The molecule has 0 aliphatic carbocycles. The molecule has 0 saturated carbocycles. The Kier molecular flexibility index (Phi) is 4.55. The van der Waals surface area contributed by atoms with Crippen molar-refractivity contribution in [3.05, 3.63) is 57.5 Å². The van der Waals surface area contributed by atoms with Crippen molar-refractivity contribution in [1.29, 1.82) is 0 Å². The molecule has 20 heavy (non-hydrogen) atoms. The van der Waals surface area contributed by atoms with E-state index in [9.17, 15) is 4.79 Å². The van der Waals surface area contributed by atoms with Crippen LogP contribution in [-0.2, 0) is 12.8 Å². The topological polar surface area (TPSA) is 31.2 Å². The van der Waals surface area contributed by atoms with Crippen LogP contribution >= 0.6 is 11.8 Å². The second-order valence-corrected chi connectivity index (χ2v) is 5.81. The molecule has 0 unspecified atom stereocenters. The number of aromatic nitrogens is 1. The molecule has 0 fully saturated rings. The highest BCUT2D eigenvalue weighted by Gasteiger charge is 2.08. The minimum absolute atomic E-state index is 0.0799. The summed E-state index contributed by atoms with van der Waals surface area (Å²) in [6.07, 6.45) is 1.92. The zero-order valence-electron chi connectivity index (χ0n) is 12.3. The van der Waals surface area contributed by atoms with Crippen molar-refractivity contribution in [1.82, 2.24) is 4.57 Å². The third kappa shape index (κ3) is 3.07. The van der Waals surface area contributed by atoms with Gasteiger partial charge in [0.1, 0.15) is 5.75 Å². The van der Waals surface area contributed by atoms with Gasteiger partial charge < -0.3 is 9.30 Å². The maximum absolute atomic E-state index is 11.8. The summed E-state index contributed by atoms with van der Waals surface area (Å²) in [6.45, 7) is 3.89. The van der Waals surface area contributed by atoms with Crippen molar-refractivity contribution in [3.63, 3.8) is 0 Å². The second-order valence-electron chi connectivity index (χ2n) is 4.80. The molecular weight excluding hydrogens is 270 g/mol. The van der Waals surface area contributed by atoms with Crippen LogP contribution in [0.5, 0.6) is 5.75 Å². The van der Waals surface area contributed by atoms with E-state index in [1.54, 1.807) is 30.5 Å². The lowest BCUT2D eigenvalue weighted by Crippen LogP contribution is -2.20. The predicted molar refractivity (Wildman–Crippen MR) is 83.7 cm³/mol. The summed E-state index contributed by atoms with van der Waals surface area (Å²) in [6, 6.07) is 8.06. The molecule has 0 saturated heterocycles. The number of hydrogen-bond donors (Lipinski definition) is 0. The molecule has 4 heteroatoms. The minimum Gasteiger partial charge on any atom is -0.497 e. The third-order valence-electron chi connectivity index (χ3n) is 3.44. The number of thioether (sulfide) groups is 1. The number of aryl methyl sites for hydroxylation is 1. The molecular formula is C16H19NO2S. The van der Waals surface area contributed by atoms with Crippen LogP contribution in [0.1, 0.15) is 16.7 Å². The van der Waals surface area contributed by atoms with E-state index in [4.69, 9.17) is 4.74 Å². The summed E-state index contributed by atoms with van der Waals surface area (Å²) in [4.78, 5) is 13.0. The van der Waals surface area contributed by atoms with Gasteiger partial charge in [-0.1, -0.05) is 12.1 Å². The zero-order valence-corrected chi connectivity index (χ0v) is 13.1. The minimum atomic E-state index is 0.0799. The highest BCUT2D eigenvalue weighted by Crippen LogP contribution is 2.26. The van der Waals surface area contributed by atoms with Gasteiger partial charge >= 0.3 is 0 Å². The van der Waals surface area contributed by atoms with Gasteiger partial charge in [0.05, 0.1) is 7.11 Å². The first kappa shape index (κ1) is 14.7. The van der Waals surface area contributed by atoms with E-state index in [0.29, 0.717) is 0 Å². The summed E-state index contributed by atoms with van der Waals surface area (Å²) < 4.78 is 6.80. The van der Waals surface area contributed by atoms with Crippen molar-refractivity contribution < 1.29 is 4.74 Å². The Balaban J connectivity index is 2.16. The van der Waals surface area contributed by atoms with Gasteiger partial charge in [-0.3, -0.25) is 4.79 Å². The Morgan fingerprint density at radius 1 is 1.15 bits per heavy atom. The number of hydrogen-bond acceptors (Lipinski definition) is 3. The van der Waals surface area contributed by atoms with Gasteiger partial charge in [0.2, 0.25) is 0 Å². The molecule has 2 aromatic rings. The summed E-state index contributed by atoms with van der Waals surface area (Å²) in [7, 11) is 3.46. The lowest BCUT2D eigenvalue weighted by Gasteiger charge is -2.11. The van der Waals surface area contributed by atoms with E-state index in [-0.39, 0.29) is 5.56 Å². The molecule has 0 aliphatic heterocycles. The highest BCUT2D eigenvalue weighted by molar-refractivity contribution is 7.98. The summed E-state index contributed by atoms with van der Waals surface area (Å²) >= 11 is 1.75. The van der Waals surface area contributed by atoms with Crippen molar-refractivity contribution in [2.45, 2.75) is 24.5 Å². The normalized spacial score (nSPS) is 10.6. The number of rotatable bonds is 4. The van der Waals surface area contributed by atoms with Gasteiger partial charge in [-0.25, -0.2) is 0 Å². The number of benzene rings is 1. The first-order valence-corrected chi connectivity index (χ1v) is 7.44. The van der Waals surface area contributed by atoms with E-state index in [0.717, 1.165) is 27.5 Å². The van der Waals surface area contributed by atoms with Crippen molar-refractivity contribution >= 4 is 11.8 Å². The molecule has 2 rings (SSSR count). The molecule has 0 radical (unpaired) electrons. The maximum atomic E-state index is 11.8. The van der Waals surface area contributed by atoms with Gasteiger partial charge in [0, 0.05) is 29.5 Å². The molecule has 1 aromatic heterocycles. The van der Waals surface area contributed by atoms with Crippen LogP contribution in [0.25, 0.3) is 0 Å². The first-order chi connectivity index (χ1) is 9.52. The Morgan fingerprint density at radius 3 is 2.40 bits per heavy atom. The predicted octanol–water partition coefficient (Wildman–Crippen LogP) is 3.30. The second kappa shape index (κ2) is 6.18. The van der Waals surface area contributed by atoms with E-state index in [1.165, 1.54) is 5.56 Å². The molecule has 0 aliphatic rings. The summed E-state index contributed by atoms with van der Waals surface area (Å²) in [5, 5.41) is 0. The monoisotopic (exact) mass is 289 g/mol. The average molecular weight is 289 g/mol. The average Bonchev–Trinajstić information content (AvgIpc) is 2.48. The fraction of sp³-hybridized carbons (Fsp3) is 0.312. The van der Waals surface area contributed by atoms with Gasteiger partial charge in [-0.05, 0) is 37.1 Å². The Labute approximate surface area is 123 Å². The van der Waals surface area contributed by atoms with Crippen LogP contribution in [0, 0.1) is 13.8 Å². The molecule has 0 N–H and O–H groups in total. The van der Waals surface area contributed by atoms with Crippen LogP contribution in [-0.4, -0.2) is 11.7 Å². The molecule has 0 spiro atoms. The zero-order chi connectivity index (χ0) is 14.7. The van der Waals surface area contributed by atoms with Crippen LogP contribution in [0.2, 0.25) is 0 Å². The van der Waals surface area contributed by atoms with E-state index in [1.807, 2.05) is 32.2 Å². The van der Waals surface area contributed by atoms with E-state index < -0.39 is 0 Å². The quantitative estimate of drug-likeness (QED) is 0.809. The number of pyridine rings is 1. The Hall–Kier alpha value is -1.68. The molecule has 1 aromatic carbocycles. The Bertz CT molecular complexity index is 659. The van der Waals surface area contributed by atoms with Gasteiger partial charge in [-0.2, -0.15) is 0 Å². The molecule has 1 heterocycles. The van der Waals surface area contributed by atoms with E-state index >= 15 is 0 Å². The number of nitrogens with zero attached hydrogens (tertiary/aromatic N) is 1.